The van der Waals surface area contributed by atoms with Crippen molar-refractivity contribution in [3.8, 4) is 11.5 Å². The van der Waals surface area contributed by atoms with E-state index < -0.39 is 0 Å². The molecule has 106 valence electrons. The molecule has 0 spiro atoms. The van der Waals surface area contributed by atoms with Crippen molar-refractivity contribution in [1.29, 1.82) is 0 Å². The van der Waals surface area contributed by atoms with Gasteiger partial charge in [-0.15, -0.1) is 11.3 Å². The Bertz CT molecular complexity index is 567. The smallest absolute Gasteiger partial charge is 0.161 e. The first-order chi connectivity index (χ1) is 9.85. The highest BCUT2D eigenvalue weighted by Gasteiger charge is 2.20. The standard InChI is InChI=1S/C15H18N2O2S/c1-18-13-4-2-3-5-14(13)19-9-15-17-12(10-20-15)8-16-11-6-7-11/h2-5,10-11,16H,6-9H2,1H3. The Morgan fingerprint density at radius 3 is 2.85 bits per heavy atom. The van der Waals surface area contributed by atoms with E-state index in [2.05, 4.69) is 15.7 Å². The number of benzene rings is 1. The molecule has 0 unspecified atom stereocenters. The van der Waals surface area contributed by atoms with Crippen LogP contribution in [-0.4, -0.2) is 18.1 Å². The van der Waals surface area contributed by atoms with Crippen LogP contribution in [0.1, 0.15) is 23.5 Å². The van der Waals surface area contributed by atoms with Crippen LogP contribution in [-0.2, 0) is 13.2 Å². The van der Waals surface area contributed by atoms with E-state index in [1.807, 2.05) is 24.3 Å². The van der Waals surface area contributed by atoms with Gasteiger partial charge in [0.2, 0.25) is 0 Å². The van der Waals surface area contributed by atoms with E-state index in [9.17, 15) is 0 Å². The van der Waals surface area contributed by atoms with Crippen LogP contribution in [0.5, 0.6) is 11.5 Å². The van der Waals surface area contributed by atoms with Gasteiger partial charge in [0.15, 0.2) is 11.5 Å². The topological polar surface area (TPSA) is 43.4 Å². The molecule has 2 aromatic rings. The van der Waals surface area contributed by atoms with Crippen molar-refractivity contribution in [2.75, 3.05) is 7.11 Å². The van der Waals surface area contributed by atoms with Gasteiger partial charge < -0.3 is 14.8 Å². The van der Waals surface area contributed by atoms with E-state index in [1.165, 1.54) is 12.8 Å². The van der Waals surface area contributed by atoms with Gasteiger partial charge in [-0.2, -0.15) is 0 Å². The fourth-order valence-electron chi connectivity index (χ4n) is 1.91. The number of aromatic nitrogens is 1. The van der Waals surface area contributed by atoms with E-state index in [4.69, 9.17) is 9.47 Å². The maximum absolute atomic E-state index is 5.77. The highest BCUT2D eigenvalue weighted by Crippen LogP contribution is 2.27. The Morgan fingerprint density at radius 2 is 2.10 bits per heavy atom. The minimum absolute atomic E-state index is 0.481. The van der Waals surface area contributed by atoms with Crippen molar-refractivity contribution in [3.05, 3.63) is 40.3 Å². The van der Waals surface area contributed by atoms with Crippen LogP contribution >= 0.6 is 11.3 Å². The second-order valence-corrected chi connectivity index (χ2v) is 5.77. The summed E-state index contributed by atoms with van der Waals surface area (Å²) >= 11 is 1.64. The zero-order valence-corrected chi connectivity index (χ0v) is 12.3. The van der Waals surface area contributed by atoms with Crippen molar-refractivity contribution >= 4 is 11.3 Å². The van der Waals surface area contributed by atoms with Crippen LogP contribution in [0.3, 0.4) is 0 Å². The second kappa shape index (κ2) is 6.24. The first-order valence-corrected chi connectivity index (χ1v) is 7.65. The molecule has 0 amide bonds. The summed E-state index contributed by atoms with van der Waals surface area (Å²) in [6, 6.07) is 8.37. The largest absolute Gasteiger partial charge is 0.493 e. The number of methoxy groups -OCH3 is 1. The van der Waals surface area contributed by atoms with Gasteiger partial charge in [-0.05, 0) is 25.0 Å². The third-order valence-corrected chi connectivity index (χ3v) is 4.04. The summed E-state index contributed by atoms with van der Waals surface area (Å²) < 4.78 is 11.0. The Balaban J connectivity index is 1.54. The highest BCUT2D eigenvalue weighted by molar-refractivity contribution is 7.09. The first-order valence-electron chi connectivity index (χ1n) is 6.77. The monoisotopic (exact) mass is 290 g/mol. The van der Waals surface area contributed by atoms with Crippen molar-refractivity contribution in [2.45, 2.75) is 32.0 Å². The molecule has 1 aromatic heterocycles. The minimum Gasteiger partial charge on any atom is -0.493 e. The second-order valence-electron chi connectivity index (χ2n) is 4.83. The Kier molecular flexibility index (Phi) is 4.18. The Labute approximate surface area is 122 Å². The molecule has 1 aromatic carbocycles. The zero-order chi connectivity index (χ0) is 13.8. The van der Waals surface area contributed by atoms with Gasteiger partial charge in [-0.3, -0.25) is 0 Å². The van der Waals surface area contributed by atoms with Gasteiger partial charge in [-0.25, -0.2) is 4.98 Å². The van der Waals surface area contributed by atoms with E-state index >= 15 is 0 Å². The molecule has 1 heterocycles. The third-order valence-electron chi connectivity index (χ3n) is 3.17. The lowest BCUT2D eigenvalue weighted by Gasteiger charge is -2.08. The predicted molar refractivity (Wildman–Crippen MR) is 79.3 cm³/mol. The Morgan fingerprint density at radius 1 is 1.30 bits per heavy atom. The van der Waals surface area contributed by atoms with Crippen molar-refractivity contribution < 1.29 is 9.47 Å². The fraction of sp³-hybridized carbons (Fsp3) is 0.400. The van der Waals surface area contributed by atoms with Crippen LogP contribution in [0.2, 0.25) is 0 Å². The lowest BCUT2D eigenvalue weighted by Crippen LogP contribution is -2.15. The average molecular weight is 290 g/mol. The van der Waals surface area contributed by atoms with Crippen LogP contribution in [0.4, 0.5) is 0 Å². The lowest BCUT2D eigenvalue weighted by atomic mass is 10.3. The van der Waals surface area contributed by atoms with E-state index in [0.717, 1.165) is 28.7 Å². The van der Waals surface area contributed by atoms with Crippen LogP contribution in [0, 0.1) is 0 Å². The molecule has 1 fully saturated rings. The number of nitrogens with zero attached hydrogens (tertiary/aromatic N) is 1. The molecule has 0 radical (unpaired) electrons. The lowest BCUT2D eigenvalue weighted by molar-refractivity contribution is 0.284. The molecular formula is C15H18N2O2S. The number of hydrogen-bond donors (Lipinski definition) is 1. The molecular weight excluding hydrogens is 272 g/mol. The number of nitrogens with one attached hydrogen (secondary N) is 1. The van der Waals surface area contributed by atoms with Gasteiger partial charge in [-0.1, -0.05) is 12.1 Å². The number of para-hydroxylation sites is 2. The number of thiazole rings is 1. The summed E-state index contributed by atoms with van der Waals surface area (Å²) in [6.07, 6.45) is 2.60. The maximum Gasteiger partial charge on any atom is 0.161 e. The summed E-state index contributed by atoms with van der Waals surface area (Å²) in [4.78, 5) is 4.57. The van der Waals surface area contributed by atoms with Crippen molar-refractivity contribution in [1.82, 2.24) is 10.3 Å². The summed E-state index contributed by atoms with van der Waals surface area (Å²) in [5.41, 5.74) is 1.10. The normalized spacial score (nSPS) is 14.2. The van der Waals surface area contributed by atoms with Gasteiger partial charge in [0, 0.05) is 18.0 Å². The van der Waals surface area contributed by atoms with Gasteiger partial charge in [0.25, 0.3) is 0 Å². The Hall–Kier alpha value is -1.59. The summed E-state index contributed by atoms with van der Waals surface area (Å²) in [5, 5.41) is 6.54. The van der Waals surface area contributed by atoms with E-state index in [-0.39, 0.29) is 0 Å². The fourth-order valence-corrected chi connectivity index (χ4v) is 2.62. The molecule has 0 bridgehead atoms. The number of hydrogen-bond acceptors (Lipinski definition) is 5. The number of rotatable bonds is 7. The first kappa shape index (κ1) is 13.4. The van der Waals surface area contributed by atoms with Crippen LogP contribution < -0.4 is 14.8 Å². The average Bonchev–Trinajstić information content (AvgIpc) is 3.21. The quantitative estimate of drug-likeness (QED) is 0.851. The molecule has 1 N–H and O–H groups in total. The van der Waals surface area contributed by atoms with Crippen LogP contribution in [0.25, 0.3) is 0 Å². The molecule has 1 saturated carbocycles. The maximum atomic E-state index is 5.77. The molecule has 1 aliphatic carbocycles. The van der Waals surface area contributed by atoms with Gasteiger partial charge >= 0.3 is 0 Å². The molecule has 0 saturated heterocycles. The highest BCUT2D eigenvalue weighted by atomic mass is 32.1. The van der Waals surface area contributed by atoms with E-state index in [0.29, 0.717) is 12.6 Å². The molecule has 0 aliphatic heterocycles. The van der Waals surface area contributed by atoms with Gasteiger partial charge in [0.1, 0.15) is 11.6 Å². The van der Waals surface area contributed by atoms with Gasteiger partial charge in [0.05, 0.1) is 12.8 Å². The SMILES string of the molecule is COc1ccccc1OCc1nc(CNC2CC2)cs1. The molecule has 20 heavy (non-hydrogen) atoms. The molecule has 3 rings (SSSR count). The van der Waals surface area contributed by atoms with Crippen LogP contribution in [0.15, 0.2) is 29.6 Å². The summed E-state index contributed by atoms with van der Waals surface area (Å²) in [5.74, 6) is 1.50. The van der Waals surface area contributed by atoms with Crippen molar-refractivity contribution in [3.63, 3.8) is 0 Å². The molecule has 0 atom stereocenters. The number of ether oxygens (including phenoxy) is 2. The molecule has 4 nitrogen and oxygen atoms in total. The van der Waals surface area contributed by atoms with E-state index in [1.54, 1.807) is 18.4 Å². The predicted octanol–water partition coefficient (Wildman–Crippen LogP) is 2.98. The molecule has 1 aliphatic rings. The minimum atomic E-state index is 0.481. The summed E-state index contributed by atoms with van der Waals surface area (Å²) in [6.45, 7) is 1.34. The third kappa shape index (κ3) is 3.49. The molecule has 5 heteroatoms. The summed E-state index contributed by atoms with van der Waals surface area (Å²) in [7, 11) is 1.65. The van der Waals surface area contributed by atoms with Crippen molar-refractivity contribution in [2.24, 2.45) is 0 Å². The zero-order valence-electron chi connectivity index (χ0n) is 11.5.